The Balaban J connectivity index is 1.61. The molecule has 2 N–H and O–H groups in total. The van der Waals surface area contributed by atoms with E-state index in [1.165, 1.54) is 16.7 Å². The molecule has 0 bridgehead atoms. The molecule has 1 spiro atoms. The van der Waals surface area contributed by atoms with E-state index in [0.717, 1.165) is 18.4 Å². The van der Waals surface area contributed by atoms with E-state index < -0.39 is 23.5 Å². The van der Waals surface area contributed by atoms with Crippen molar-refractivity contribution in [3.05, 3.63) is 29.8 Å². The van der Waals surface area contributed by atoms with Crippen molar-refractivity contribution < 1.29 is 19.2 Å². The number of amides is 4. The molecule has 1 aliphatic carbocycles. The summed E-state index contributed by atoms with van der Waals surface area (Å²) in [6, 6.07) is 7.32. The Bertz CT molecular complexity index is 1110. The second kappa shape index (κ2) is 9.92. The molecular weight excluding hydrogens is 458 g/mol. The van der Waals surface area contributed by atoms with Crippen molar-refractivity contribution in [1.29, 1.82) is 5.26 Å². The van der Waals surface area contributed by atoms with Crippen LogP contribution < -0.4 is 10.6 Å². The average molecular weight is 494 g/mol. The molecule has 4 rings (SSSR count). The largest absolute Gasteiger partial charge is 0.345 e. The van der Waals surface area contributed by atoms with Crippen LogP contribution in [-0.2, 0) is 24.6 Å². The highest BCUT2D eigenvalue weighted by molar-refractivity contribution is 6.07. The van der Waals surface area contributed by atoms with Gasteiger partial charge in [0.05, 0.1) is 11.5 Å². The lowest BCUT2D eigenvalue weighted by molar-refractivity contribution is -0.147. The number of hydrogen-bond acceptors (Lipinski definition) is 5. The van der Waals surface area contributed by atoms with Crippen LogP contribution in [0.25, 0.3) is 0 Å². The van der Waals surface area contributed by atoms with E-state index in [9.17, 15) is 24.4 Å². The lowest BCUT2D eigenvalue weighted by Crippen LogP contribution is -2.56. The van der Waals surface area contributed by atoms with E-state index in [1.54, 1.807) is 7.05 Å². The fourth-order valence-electron chi connectivity index (χ4n) is 5.60. The van der Waals surface area contributed by atoms with Crippen molar-refractivity contribution in [2.75, 3.05) is 18.9 Å². The van der Waals surface area contributed by atoms with Crippen molar-refractivity contribution in [1.82, 2.24) is 15.1 Å². The number of likely N-dealkylation sites (N-methyl/N-ethyl adjacent to an activating group) is 1. The summed E-state index contributed by atoms with van der Waals surface area (Å²) >= 11 is 0. The third-order valence-corrected chi connectivity index (χ3v) is 7.65. The fraction of sp³-hybridized carbons (Fsp3) is 0.593. The zero-order valence-electron chi connectivity index (χ0n) is 21.4. The number of hydrogen-bond donors (Lipinski definition) is 2. The minimum absolute atomic E-state index is 0.0841. The topological polar surface area (TPSA) is 123 Å². The maximum Gasteiger partial charge on any atom is 0.246 e. The summed E-state index contributed by atoms with van der Waals surface area (Å²) in [7, 11) is 1.60. The molecule has 0 unspecified atom stereocenters. The van der Waals surface area contributed by atoms with Gasteiger partial charge in [-0.2, -0.15) is 5.26 Å². The van der Waals surface area contributed by atoms with Crippen LogP contribution in [0.1, 0.15) is 58.4 Å². The predicted octanol–water partition coefficient (Wildman–Crippen LogP) is 2.18. The molecule has 2 fully saturated rings. The molecule has 1 aromatic rings. The summed E-state index contributed by atoms with van der Waals surface area (Å²) in [5.74, 6) is -0.633. The highest BCUT2D eigenvalue weighted by Crippen LogP contribution is 2.46. The van der Waals surface area contributed by atoms with Crippen molar-refractivity contribution in [3.63, 3.8) is 0 Å². The number of benzene rings is 1. The Labute approximate surface area is 212 Å². The lowest BCUT2D eigenvalue weighted by Gasteiger charge is -2.35. The Kier molecular flexibility index (Phi) is 7.07. The van der Waals surface area contributed by atoms with Gasteiger partial charge in [0.25, 0.3) is 0 Å². The van der Waals surface area contributed by atoms with Crippen LogP contribution >= 0.6 is 0 Å². The number of nitriles is 1. The first-order valence-electron chi connectivity index (χ1n) is 12.7. The van der Waals surface area contributed by atoms with E-state index >= 15 is 0 Å². The molecule has 2 aliphatic heterocycles. The minimum Gasteiger partial charge on any atom is -0.345 e. The number of likely N-dealkylation sites (tertiary alicyclic amines) is 1. The highest BCUT2D eigenvalue weighted by atomic mass is 16.2. The molecule has 36 heavy (non-hydrogen) atoms. The smallest absolute Gasteiger partial charge is 0.246 e. The van der Waals surface area contributed by atoms with E-state index in [4.69, 9.17) is 0 Å². The van der Waals surface area contributed by atoms with Crippen LogP contribution in [0.2, 0.25) is 0 Å². The number of para-hydroxylation sites is 1. The van der Waals surface area contributed by atoms with Gasteiger partial charge in [-0.1, -0.05) is 44.9 Å². The van der Waals surface area contributed by atoms with E-state index in [1.807, 2.05) is 38.1 Å². The molecule has 1 aromatic carbocycles. The number of rotatable bonds is 8. The summed E-state index contributed by atoms with van der Waals surface area (Å²) in [4.78, 5) is 55.3. The lowest BCUT2D eigenvalue weighted by atomic mass is 9.80. The first-order chi connectivity index (χ1) is 17.1. The number of fused-ring (bicyclic) bond motifs is 2. The second-order valence-corrected chi connectivity index (χ2v) is 10.9. The molecule has 192 valence electrons. The Hall–Kier alpha value is -3.41. The summed E-state index contributed by atoms with van der Waals surface area (Å²) in [5, 5.41) is 15.6. The second-order valence-electron chi connectivity index (χ2n) is 10.9. The third kappa shape index (κ3) is 4.81. The predicted molar refractivity (Wildman–Crippen MR) is 133 cm³/mol. The molecule has 1 saturated heterocycles. The van der Waals surface area contributed by atoms with Gasteiger partial charge < -0.3 is 20.4 Å². The van der Waals surface area contributed by atoms with Crippen LogP contribution in [-0.4, -0.2) is 65.1 Å². The summed E-state index contributed by atoms with van der Waals surface area (Å²) in [6.07, 6.45) is 3.23. The number of carbonyl (C=O) groups excluding carboxylic acids is 4. The maximum atomic E-state index is 14.0. The molecule has 0 aromatic heterocycles. The molecule has 3 aliphatic rings. The Morgan fingerprint density at radius 1 is 1.28 bits per heavy atom. The van der Waals surface area contributed by atoms with Gasteiger partial charge in [-0.25, -0.2) is 0 Å². The van der Waals surface area contributed by atoms with Crippen molar-refractivity contribution in [2.45, 2.75) is 76.4 Å². The van der Waals surface area contributed by atoms with E-state index in [2.05, 4.69) is 16.7 Å². The summed E-state index contributed by atoms with van der Waals surface area (Å²) < 4.78 is 0. The van der Waals surface area contributed by atoms with Gasteiger partial charge in [-0.15, -0.1) is 0 Å². The monoisotopic (exact) mass is 493 g/mol. The number of carbonyl (C=O) groups is 4. The van der Waals surface area contributed by atoms with Gasteiger partial charge in [0.2, 0.25) is 23.6 Å². The third-order valence-electron chi connectivity index (χ3n) is 7.65. The van der Waals surface area contributed by atoms with Gasteiger partial charge in [-0.3, -0.25) is 19.2 Å². The van der Waals surface area contributed by atoms with Gasteiger partial charge in [0.15, 0.2) is 0 Å². The minimum atomic E-state index is -0.984. The molecular formula is C27H35N5O4. The van der Waals surface area contributed by atoms with Gasteiger partial charge >= 0.3 is 0 Å². The Morgan fingerprint density at radius 3 is 2.58 bits per heavy atom. The fourth-order valence-corrected chi connectivity index (χ4v) is 5.60. The molecule has 2 heterocycles. The SMILES string of the molecule is CC(=O)N[C@@H](CC1CC1)C(=O)N(C)[C@@H](CC(C)C)C(=O)N1C[C@]2(C[C@H]1C#N)C(=O)Nc1ccccc12. The van der Waals surface area contributed by atoms with Crippen LogP contribution in [0, 0.1) is 23.2 Å². The van der Waals surface area contributed by atoms with Crippen LogP contribution in [0.4, 0.5) is 5.69 Å². The molecule has 4 amide bonds. The molecule has 4 atom stereocenters. The molecule has 9 nitrogen and oxygen atoms in total. The van der Waals surface area contributed by atoms with Gasteiger partial charge in [-0.05, 0) is 36.3 Å². The quantitative estimate of drug-likeness (QED) is 0.575. The number of nitrogens with zero attached hydrogens (tertiary/aromatic N) is 3. The highest BCUT2D eigenvalue weighted by Gasteiger charge is 2.56. The van der Waals surface area contributed by atoms with Gasteiger partial charge in [0.1, 0.15) is 18.1 Å². The zero-order valence-corrected chi connectivity index (χ0v) is 21.4. The van der Waals surface area contributed by atoms with E-state index in [-0.39, 0.29) is 42.5 Å². The average Bonchev–Trinajstić information content (AvgIpc) is 3.50. The van der Waals surface area contributed by atoms with Crippen molar-refractivity contribution in [3.8, 4) is 6.07 Å². The van der Waals surface area contributed by atoms with Crippen LogP contribution in [0.5, 0.6) is 0 Å². The summed E-state index contributed by atoms with van der Waals surface area (Å²) in [5.41, 5.74) is 0.519. The van der Waals surface area contributed by atoms with E-state index in [0.29, 0.717) is 24.4 Å². The first kappa shape index (κ1) is 25.7. The maximum absolute atomic E-state index is 14.0. The number of anilines is 1. The van der Waals surface area contributed by atoms with Crippen LogP contribution in [0.3, 0.4) is 0 Å². The van der Waals surface area contributed by atoms with Gasteiger partial charge in [0, 0.05) is 32.6 Å². The van der Waals surface area contributed by atoms with Crippen molar-refractivity contribution in [2.24, 2.45) is 11.8 Å². The molecule has 0 radical (unpaired) electrons. The normalized spacial score (nSPS) is 24.2. The Morgan fingerprint density at radius 2 is 1.97 bits per heavy atom. The molecule has 1 saturated carbocycles. The summed E-state index contributed by atoms with van der Waals surface area (Å²) in [6.45, 7) is 5.42. The molecule has 9 heteroatoms. The standard InChI is InChI=1S/C27H35N5O4/c1-16(2)11-23(31(4)24(34)22(29-17(3)33)12-18-9-10-18)25(35)32-15-27(13-19(32)14-28)20-7-5-6-8-21(20)30-26(27)36/h5-8,16,18-19,22-23H,9-13,15H2,1-4H3,(H,29,33)(H,30,36)/t19-,22-,23-,27-/m0/s1. The zero-order chi connectivity index (χ0) is 26.2. The first-order valence-corrected chi connectivity index (χ1v) is 12.7. The van der Waals surface area contributed by atoms with Crippen LogP contribution in [0.15, 0.2) is 24.3 Å². The number of nitrogens with one attached hydrogen (secondary N) is 2. The van der Waals surface area contributed by atoms with Crippen molar-refractivity contribution >= 4 is 29.3 Å².